The van der Waals surface area contributed by atoms with Crippen LogP contribution in [0.1, 0.15) is 43.7 Å². The van der Waals surface area contributed by atoms with Gasteiger partial charge in [-0.05, 0) is 37.8 Å². The number of fused-ring (bicyclic) bond motifs is 2. The van der Waals surface area contributed by atoms with E-state index in [2.05, 4.69) is 19.2 Å². The molecule has 4 bridgehead atoms. The van der Waals surface area contributed by atoms with E-state index in [1.54, 1.807) is 26.0 Å². The average Bonchev–Trinajstić information content (AvgIpc) is 3.07. The molecule has 2 heterocycles. The van der Waals surface area contributed by atoms with E-state index in [0.717, 1.165) is 50.1 Å². The van der Waals surface area contributed by atoms with Gasteiger partial charge < -0.3 is 19.1 Å². The van der Waals surface area contributed by atoms with Gasteiger partial charge in [0.25, 0.3) is 0 Å². The van der Waals surface area contributed by atoms with Crippen molar-refractivity contribution in [2.24, 2.45) is 11.3 Å². The Bertz CT molecular complexity index is 899. The smallest absolute Gasteiger partial charge is 0.165 e. The third kappa shape index (κ3) is 1.53. The standard InChI is InChI=1S/C23H29NO4/c1-13(25)15-12-21-7-8-23(15,27-4)20-22(21)9-10-24(2)17(21)11-14-5-6-16(26-3)19(28-20)18(14)22/h5-6,15,17,20H,7-12H2,1-4H3/p+1/t15-,17+,20+,21+,22+,23+/m0/s1. The van der Waals surface area contributed by atoms with Crippen molar-refractivity contribution < 1.29 is 23.9 Å². The van der Waals surface area contributed by atoms with Crippen molar-refractivity contribution in [3.8, 4) is 11.5 Å². The zero-order valence-electron chi connectivity index (χ0n) is 17.3. The lowest BCUT2D eigenvalue weighted by Crippen LogP contribution is -3.18. The number of hydrogen-bond donors (Lipinski definition) is 1. The lowest BCUT2D eigenvalue weighted by molar-refractivity contribution is -0.925. The molecule has 150 valence electrons. The van der Waals surface area contributed by atoms with Crippen molar-refractivity contribution in [3.05, 3.63) is 23.3 Å². The van der Waals surface area contributed by atoms with Crippen LogP contribution in [0.15, 0.2) is 12.1 Å². The van der Waals surface area contributed by atoms with E-state index < -0.39 is 5.60 Å². The molecule has 2 aliphatic heterocycles. The first kappa shape index (κ1) is 17.3. The lowest BCUT2D eigenvalue weighted by Gasteiger charge is -2.71. The number of methoxy groups -OCH3 is 2. The highest BCUT2D eigenvalue weighted by Gasteiger charge is 2.82. The van der Waals surface area contributed by atoms with E-state index in [4.69, 9.17) is 14.2 Å². The topological polar surface area (TPSA) is 49.2 Å². The fraction of sp³-hybridized carbons (Fsp3) is 0.696. The molecule has 6 aliphatic rings. The molecular formula is C23H30NO4+. The van der Waals surface area contributed by atoms with Gasteiger partial charge in [0, 0.05) is 30.9 Å². The average molecular weight is 384 g/mol. The maximum atomic E-state index is 12.8. The molecule has 5 heteroatoms. The Hall–Kier alpha value is -1.59. The number of benzene rings is 1. The molecule has 1 saturated heterocycles. The minimum atomic E-state index is -0.526. The Morgan fingerprint density at radius 3 is 2.79 bits per heavy atom. The highest BCUT2D eigenvalue weighted by molar-refractivity contribution is 5.81. The summed E-state index contributed by atoms with van der Waals surface area (Å²) < 4.78 is 18.8. The molecule has 1 aromatic rings. The Labute approximate surface area is 166 Å². The fourth-order valence-corrected chi connectivity index (χ4v) is 8.47. The number of likely N-dealkylation sites (N-methyl/N-ethyl adjacent to an activating group) is 1. The van der Waals surface area contributed by atoms with Crippen LogP contribution in [0.25, 0.3) is 0 Å². The van der Waals surface area contributed by atoms with Crippen LogP contribution in [-0.2, 0) is 21.4 Å². The number of carbonyl (C=O) groups is 1. The Morgan fingerprint density at radius 1 is 1.25 bits per heavy atom. The van der Waals surface area contributed by atoms with Gasteiger partial charge in [-0.25, -0.2) is 0 Å². The number of Topliss-reactive ketones (excluding diaryl/α,β-unsaturated/α-hetero) is 1. The molecule has 0 radical (unpaired) electrons. The van der Waals surface area contributed by atoms with Crippen LogP contribution in [0.5, 0.6) is 11.5 Å². The molecule has 2 spiro atoms. The highest BCUT2D eigenvalue weighted by Crippen LogP contribution is 2.75. The number of quaternary nitrogens is 1. The quantitative estimate of drug-likeness (QED) is 0.854. The maximum Gasteiger partial charge on any atom is 0.165 e. The van der Waals surface area contributed by atoms with E-state index in [9.17, 15) is 4.79 Å². The number of piperidine rings is 1. The summed E-state index contributed by atoms with van der Waals surface area (Å²) in [6, 6.07) is 4.86. The van der Waals surface area contributed by atoms with Gasteiger partial charge >= 0.3 is 0 Å². The van der Waals surface area contributed by atoms with Gasteiger partial charge in [-0.1, -0.05) is 6.07 Å². The maximum absolute atomic E-state index is 12.8. The number of ether oxygens (including phenoxy) is 3. The third-order valence-corrected chi connectivity index (χ3v) is 9.48. The van der Waals surface area contributed by atoms with Gasteiger partial charge in [-0.2, -0.15) is 0 Å². The van der Waals surface area contributed by atoms with Gasteiger partial charge in [-0.15, -0.1) is 0 Å². The second kappa shape index (κ2) is 5.11. The summed E-state index contributed by atoms with van der Waals surface area (Å²) >= 11 is 0. The summed E-state index contributed by atoms with van der Waals surface area (Å²) in [4.78, 5) is 14.5. The monoisotopic (exact) mass is 384 g/mol. The van der Waals surface area contributed by atoms with Crippen LogP contribution in [0.4, 0.5) is 0 Å². The second-order valence-electron chi connectivity index (χ2n) is 9.89. The number of rotatable bonds is 3. The van der Waals surface area contributed by atoms with Gasteiger partial charge in [-0.3, -0.25) is 4.79 Å². The van der Waals surface area contributed by atoms with E-state index in [1.165, 1.54) is 11.1 Å². The van der Waals surface area contributed by atoms with E-state index in [1.807, 2.05) is 0 Å². The van der Waals surface area contributed by atoms with Crippen molar-refractivity contribution in [1.29, 1.82) is 0 Å². The minimum absolute atomic E-state index is 0.0468. The zero-order chi connectivity index (χ0) is 19.5. The number of hydrogen-bond acceptors (Lipinski definition) is 4. The highest BCUT2D eigenvalue weighted by atomic mass is 16.6. The molecule has 0 aromatic heterocycles. The first-order valence-electron chi connectivity index (χ1n) is 10.7. The third-order valence-electron chi connectivity index (χ3n) is 9.48. The van der Waals surface area contributed by atoms with Crippen LogP contribution < -0.4 is 14.4 Å². The molecule has 7 rings (SSSR count). The first-order valence-corrected chi connectivity index (χ1v) is 10.7. The summed E-state index contributed by atoms with van der Waals surface area (Å²) in [5, 5.41) is 0. The number of likely N-dealkylation sites (tertiary alicyclic amines) is 1. The molecule has 5 nitrogen and oxygen atoms in total. The molecule has 7 atom stereocenters. The largest absolute Gasteiger partial charge is 0.493 e. The van der Waals surface area contributed by atoms with Crippen LogP contribution in [0.3, 0.4) is 0 Å². The SMILES string of the molecule is COc1ccc2c3c1O[C@H]1[C@@]4(OC)CC[C@@]5(C[C@H]4C(C)=O)[C@@H](C2)[NH+](C)CC[C@@]315. The molecule has 0 amide bonds. The van der Waals surface area contributed by atoms with Crippen molar-refractivity contribution in [3.63, 3.8) is 0 Å². The number of ketones is 1. The second-order valence-corrected chi connectivity index (χ2v) is 9.89. The summed E-state index contributed by atoms with van der Waals surface area (Å²) in [5.41, 5.74) is 2.35. The predicted octanol–water partition coefficient (Wildman–Crippen LogP) is 1.31. The predicted molar refractivity (Wildman–Crippen MR) is 103 cm³/mol. The summed E-state index contributed by atoms with van der Waals surface area (Å²) in [6.07, 6.45) is 5.05. The van der Waals surface area contributed by atoms with Crippen molar-refractivity contribution in [2.75, 3.05) is 27.8 Å². The molecule has 28 heavy (non-hydrogen) atoms. The Morgan fingerprint density at radius 2 is 2.07 bits per heavy atom. The summed E-state index contributed by atoms with van der Waals surface area (Å²) in [5.74, 6) is 1.93. The van der Waals surface area contributed by atoms with Gasteiger partial charge in [0.1, 0.15) is 17.5 Å². The van der Waals surface area contributed by atoms with Gasteiger partial charge in [0.15, 0.2) is 11.5 Å². The van der Waals surface area contributed by atoms with Crippen LogP contribution in [0, 0.1) is 11.3 Å². The normalized spacial score (nSPS) is 46.7. The molecule has 1 unspecified atom stereocenters. The summed E-state index contributed by atoms with van der Waals surface area (Å²) in [7, 11) is 5.86. The molecule has 4 aliphatic carbocycles. The zero-order valence-corrected chi connectivity index (χ0v) is 17.3. The van der Waals surface area contributed by atoms with Crippen LogP contribution in [0.2, 0.25) is 0 Å². The van der Waals surface area contributed by atoms with Crippen LogP contribution in [-0.4, -0.2) is 51.3 Å². The molecule has 1 N–H and O–H groups in total. The lowest BCUT2D eigenvalue weighted by atomic mass is 9.34. The van der Waals surface area contributed by atoms with Gasteiger partial charge in [0.05, 0.1) is 38.1 Å². The van der Waals surface area contributed by atoms with E-state index in [-0.39, 0.29) is 28.6 Å². The van der Waals surface area contributed by atoms with Crippen molar-refractivity contribution in [2.45, 2.75) is 62.2 Å². The number of carbonyl (C=O) groups excluding carboxylic acids is 1. The Balaban J connectivity index is 1.69. The first-order chi connectivity index (χ1) is 13.4. The Kier molecular flexibility index (Phi) is 3.16. The summed E-state index contributed by atoms with van der Waals surface area (Å²) in [6.45, 7) is 2.89. The van der Waals surface area contributed by atoms with Crippen LogP contribution >= 0.6 is 0 Å². The van der Waals surface area contributed by atoms with Crippen molar-refractivity contribution in [1.82, 2.24) is 0 Å². The van der Waals surface area contributed by atoms with Gasteiger partial charge in [0.2, 0.25) is 0 Å². The van der Waals surface area contributed by atoms with Crippen molar-refractivity contribution >= 4 is 5.78 Å². The fourth-order valence-electron chi connectivity index (χ4n) is 8.47. The molecular weight excluding hydrogens is 354 g/mol. The molecule has 3 saturated carbocycles. The van der Waals surface area contributed by atoms with E-state index in [0.29, 0.717) is 6.04 Å². The van der Waals surface area contributed by atoms with E-state index >= 15 is 0 Å². The molecule has 1 aromatic carbocycles. The minimum Gasteiger partial charge on any atom is -0.493 e. The molecule has 4 fully saturated rings. The number of nitrogens with one attached hydrogen (secondary N) is 1.